The average molecular weight is 332 g/mol. The third-order valence-corrected chi connectivity index (χ3v) is 5.32. The van der Waals surface area contributed by atoms with Crippen LogP contribution < -0.4 is 0 Å². The highest BCUT2D eigenvalue weighted by molar-refractivity contribution is 6.02. The van der Waals surface area contributed by atoms with E-state index in [1.54, 1.807) is 0 Å². The molecule has 2 aliphatic rings. The first-order chi connectivity index (χ1) is 12.0. The van der Waals surface area contributed by atoms with Crippen LogP contribution in [0.5, 0.6) is 0 Å². The molecule has 0 saturated carbocycles. The van der Waals surface area contributed by atoms with Crippen molar-refractivity contribution in [3.8, 4) is 0 Å². The van der Waals surface area contributed by atoms with Crippen molar-refractivity contribution >= 4 is 16.5 Å². The molecule has 0 radical (unpaired) electrons. The lowest BCUT2D eigenvalue weighted by Gasteiger charge is -2.25. The van der Waals surface area contributed by atoms with Gasteiger partial charge in [0.1, 0.15) is 0 Å². The van der Waals surface area contributed by atoms with Gasteiger partial charge in [0, 0.05) is 11.6 Å². The average Bonchev–Trinajstić information content (AvgIpc) is 3.01. The Morgan fingerprint density at radius 3 is 2.04 bits per heavy atom. The van der Waals surface area contributed by atoms with Crippen molar-refractivity contribution in [3.05, 3.63) is 71.3 Å². The number of benzene rings is 2. The molecule has 0 amide bonds. The topological polar surface area (TPSA) is 23.9 Å². The van der Waals surface area contributed by atoms with Gasteiger partial charge in [-0.05, 0) is 52.1 Å². The SMILES string of the molecule is CC(C)C1=CC=CC(C(C)C)C1=N.c1cc2c3c(cccc3c1)CC2. The molecule has 0 aliphatic heterocycles. The van der Waals surface area contributed by atoms with Crippen molar-refractivity contribution in [1.82, 2.24) is 0 Å². The zero-order valence-corrected chi connectivity index (χ0v) is 15.8. The Kier molecular flexibility index (Phi) is 5.22. The zero-order chi connectivity index (χ0) is 18.0. The summed E-state index contributed by atoms with van der Waals surface area (Å²) in [5.74, 6) is 1.33. The Hall–Kier alpha value is -2.15. The van der Waals surface area contributed by atoms with Crippen LogP contribution in [0.25, 0.3) is 10.8 Å². The van der Waals surface area contributed by atoms with Gasteiger partial charge < -0.3 is 5.41 Å². The van der Waals surface area contributed by atoms with Crippen molar-refractivity contribution in [2.75, 3.05) is 0 Å². The summed E-state index contributed by atoms with van der Waals surface area (Å²) >= 11 is 0. The molecule has 0 bridgehead atoms. The smallest absolute Gasteiger partial charge is 0.0419 e. The van der Waals surface area contributed by atoms with E-state index in [1.807, 2.05) is 0 Å². The minimum atomic E-state index is 0.322. The highest BCUT2D eigenvalue weighted by Gasteiger charge is 2.22. The number of hydrogen-bond acceptors (Lipinski definition) is 1. The van der Waals surface area contributed by atoms with E-state index < -0.39 is 0 Å². The van der Waals surface area contributed by atoms with Gasteiger partial charge in [-0.3, -0.25) is 0 Å². The van der Waals surface area contributed by atoms with Crippen molar-refractivity contribution in [1.29, 1.82) is 5.41 Å². The van der Waals surface area contributed by atoms with Gasteiger partial charge in [-0.15, -0.1) is 0 Å². The molecule has 1 nitrogen and oxygen atoms in total. The van der Waals surface area contributed by atoms with E-state index in [2.05, 4.69) is 82.3 Å². The maximum absolute atomic E-state index is 8.04. The highest BCUT2D eigenvalue weighted by atomic mass is 14.5. The number of aryl methyl sites for hydroxylation is 2. The summed E-state index contributed by atoms with van der Waals surface area (Å²) in [5.41, 5.74) is 5.07. The molecule has 2 aromatic rings. The van der Waals surface area contributed by atoms with Gasteiger partial charge in [-0.2, -0.15) is 0 Å². The fourth-order valence-corrected chi connectivity index (χ4v) is 3.90. The Bertz CT molecular complexity index is 798. The van der Waals surface area contributed by atoms with Crippen molar-refractivity contribution in [3.63, 3.8) is 0 Å². The lowest BCUT2D eigenvalue weighted by atomic mass is 9.80. The summed E-state index contributed by atoms with van der Waals surface area (Å²) in [6, 6.07) is 13.2. The lowest BCUT2D eigenvalue weighted by molar-refractivity contribution is 0.567. The van der Waals surface area contributed by atoms with Crippen LogP contribution in [0.2, 0.25) is 0 Å². The van der Waals surface area contributed by atoms with Crippen molar-refractivity contribution in [2.24, 2.45) is 17.8 Å². The second kappa shape index (κ2) is 7.39. The maximum Gasteiger partial charge on any atom is 0.0419 e. The lowest BCUT2D eigenvalue weighted by Crippen LogP contribution is -2.23. The van der Waals surface area contributed by atoms with Gasteiger partial charge in [-0.25, -0.2) is 0 Å². The molecule has 1 unspecified atom stereocenters. The predicted octanol–water partition coefficient (Wildman–Crippen LogP) is 6.37. The molecule has 0 heterocycles. The summed E-state index contributed by atoms with van der Waals surface area (Å²) in [5, 5.41) is 11.0. The van der Waals surface area contributed by atoms with Crippen molar-refractivity contribution in [2.45, 2.75) is 40.5 Å². The summed E-state index contributed by atoms with van der Waals surface area (Å²) in [7, 11) is 0. The summed E-state index contributed by atoms with van der Waals surface area (Å²) in [6.45, 7) is 8.65. The first-order valence-corrected chi connectivity index (χ1v) is 9.45. The number of rotatable bonds is 2. The van der Waals surface area contributed by atoms with Crippen LogP contribution in [-0.2, 0) is 12.8 Å². The molecular weight excluding hydrogens is 302 g/mol. The second-order valence-corrected chi connectivity index (χ2v) is 7.78. The normalized spacial score (nSPS) is 18.6. The largest absolute Gasteiger partial charge is 0.304 e. The first-order valence-electron chi connectivity index (χ1n) is 9.45. The second-order valence-electron chi connectivity index (χ2n) is 7.78. The quantitative estimate of drug-likeness (QED) is 0.661. The first kappa shape index (κ1) is 17.7. The van der Waals surface area contributed by atoms with E-state index >= 15 is 0 Å². The van der Waals surface area contributed by atoms with Crippen LogP contribution in [0.4, 0.5) is 0 Å². The minimum absolute atomic E-state index is 0.322. The number of nitrogens with one attached hydrogen (secondary N) is 1. The molecule has 0 saturated heterocycles. The van der Waals surface area contributed by atoms with Gasteiger partial charge in [0.2, 0.25) is 0 Å². The summed E-state index contributed by atoms with van der Waals surface area (Å²) in [4.78, 5) is 0. The third kappa shape index (κ3) is 3.61. The zero-order valence-electron chi connectivity index (χ0n) is 15.8. The molecule has 4 rings (SSSR count). The van der Waals surface area contributed by atoms with Crippen LogP contribution in [0.15, 0.2) is 60.2 Å². The van der Waals surface area contributed by atoms with E-state index in [4.69, 9.17) is 5.41 Å². The summed E-state index contributed by atoms with van der Waals surface area (Å²) < 4.78 is 0. The predicted molar refractivity (Wildman–Crippen MR) is 109 cm³/mol. The third-order valence-electron chi connectivity index (χ3n) is 5.32. The molecule has 2 aromatic carbocycles. The van der Waals surface area contributed by atoms with Gasteiger partial charge >= 0.3 is 0 Å². The van der Waals surface area contributed by atoms with Gasteiger partial charge in [0.05, 0.1) is 0 Å². The molecule has 1 heteroatoms. The van der Waals surface area contributed by atoms with Crippen molar-refractivity contribution < 1.29 is 0 Å². The minimum Gasteiger partial charge on any atom is -0.304 e. The van der Waals surface area contributed by atoms with Crippen LogP contribution >= 0.6 is 0 Å². The van der Waals surface area contributed by atoms with Crippen LogP contribution in [0, 0.1) is 23.2 Å². The van der Waals surface area contributed by atoms with Gasteiger partial charge in [0.15, 0.2) is 0 Å². The van der Waals surface area contributed by atoms with Crippen LogP contribution in [0.1, 0.15) is 38.8 Å². The fourth-order valence-electron chi connectivity index (χ4n) is 3.90. The summed E-state index contributed by atoms with van der Waals surface area (Å²) in [6.07, 6.45) is 8.77. The van der Waals surface area contributed by atoms with E-state index in [1.165, 1.54) is 40.3 Å². The van der Waals surface area contributed by atoms with Gasteiger partial charge in [0.25, 0.3) is 0 Å². The molecule has 2 aliphatic carbocycles. The number of allylic oxidation sites excluding steroid dienone is 4. The maximum atomic E-state index is 8.04. The molecule has 130 valence electrons. The molecule has 25 heavy (non-hydrogen) atoms. The molecule has 1 atom stereocenters. The van der Waals surface area contributed by atoms with Crippen LogP contribution in [0.3, 0.4) is 0 Å². The van der Waals surface area contributed by atoms with E-state index in [-0.39, 0.29) is 0 Å². The highest BCUT2D eigenvalue weighted by Crippen LogP contribution is 2.30. The van der Waals surface area contributed by atoms with E-state index in [0.717, 1.165) is 5.71 Å². The van der Waals surface area contributed by atoms with Crippen LogP contribution in [-0.4, -0.2) is 5.71 Å². The molecule has 0 spiro atoms. The van der Waals surface area contributed by atoms with Gasteiger partial charge in [-0.1, -0.05) is 82.3 Å². The molecule has 0 fully saturated rings. The monoisotopic (exact) mass is 331 g/mol. The number of hydrogen-bond donors (Lipinski definition) is 1. The Balaban J connectivity index is 0.000000146. The fraction of sp³-hybridized carbons (Fsp3) is 0.375. The molecule has 0 aromatic heterocycles. The van der Waals surface area contributed by atoms with E-state index in [0.29, 0.717) is 17.8 Å². The van der Waals surface area contributed by atoms with E-state index in [9.17, 15) is 0 Å². The Morgan fingerprint density at radius 2 is 1.52 bits per heavy atom. The molecule has 1 N–H and O–H groups in total. The molecular formula is C24H29N. The Labute approximate surface area is 152 Å². The Morgan fingerprint density at radius 1 is 0.920 bits per heavy atom. The standard InChI is InChI=1S/C12H19N.C12H10/c1-8(2)10-6-5-7-11(9(3)4)12(10)13;1-3-9-4-2-6-11-8-7-10(5-1)12(9)11/h5-10,13H,1-4H3;1-6H,7-8H2.